The van der Waals surface area contributed by atoms with Crippen molar-refractivity contribution in [2.45, 2.75) is 66.3 Å². The Morgan fingerprint density at radius 2 is 1.97 bits per heavy atom. The van der Waals surface area contributed by atoms with Crippen molar-refractivity contribution < 1.29 is 4.79 Å². The highest BCUT2D eigenvalue weighted by Crippen LogP contribution is 2.41. The van der Waals surface area contributed by atoms with Gasteiger partial charge in [-0.3, -0.25) is 4.79 Å². The Balaban J connectivity index is 2.38. The highest BCUT2D eigenvalue weighted by atomic mass is 16.2. The lowest BCUT2D eigenvalue weighted by molar-refractivity contribution is -0.146. The maximum Gasteiger partial charge on any atom is 0.229 e. The number of piperidine rings is 1. The Morgan fingerprint density at radius 1 is 1.34 bits per heavy atom. The van der Waals surface area contributed by atoms with Crippen molar-refractivity contribution in [3.63, 3.8) is 0 Å². The topological polar surface area (TPSA) is 70.1 Å². The Bertz CT molecular complexity index is 756. The summed E-state index contributed by atoms with van der Waals surface area (Å²) in [6.07, 6.45) is 5.07. The van der Waals surface area contributed by atoms with Crippen LogP contribution in [0.1, 0.15) is 65.9 Å². The molecule has 0 bridgehead atoms. The van der Waals surface area contributed by atoms with Crippen molar-refractivity contribution in [3.8, 4) is 6.07 Å². The maximum atomic E-state index is 13.8. The Kier molecular flexibility index (Phi) is 7.66. The van der Waals surface area contributed by atoms with Crippen LogP contribution in [-0.2, 0) is 4.79 Å². The molecule has 1 saturated heterocycles. The van der Waals surface area contributed by atoms with Crippen molar-refractivity contribution in [1.29, 1.82) is 5.26 Å². The molecular formula is C25H37N3O. The molecule has 2 atom stereocenters. The molecule has 158 valence electrons. The molecule has 2 rings (SSSR count). The van der Waals surface area contributed by atoms with Gasteiger partial charge in [0.15, 0.2) is 0 Å². The number of allylic oxidation sites excluding steroid dienone is 2. The molecule has 29 heavy (non-hydrogen) atoms. The van der Waals surface area contributed by atoms with Crippen LogP contribution in [0.5, 0.6) is 0 Å². The molecule has 1 unspecified atom stereocenters. The van der Waals surface area contributed by atoms with Crippen LogP contribution < -0.4 is 5.73 Å². The number of likely N-dealkylation sites (tertiary alicyclic amines) is 1. The molecule has 1 aliphatic rings. The fourth-order valence-electron chi connectivity index (χ4n) is 4.37. The smallest absolute Gasteiger partial charge is 0.229 e. The Hall–Kier alpha value is -2.12. The number of rotatable bonds is 7. The summed E-state index contributed by atoms with van der Waals surface area (Å²) < 4.78 is 0. The van der Waals surface area contributed by atoms with Gasteiger partial charge in [0.25, 0.3) is 0 Å². The van der Waals surface area contributed by atoms with Crippen LogP contribution in [0.3, 0.4) is 0 Å². The van der Waals surface area contributed by atoms with E-state index in [1.165, 1.54) is 0 Å². The lowest BCUT2D eigenvalue weighted by atomic mass is 9.72. The predicted octanol–water partition coefficient (Wildman–Crippen LogP) is 5.01. The summed E-state index contributed by atoms with van der Waals surface area (Å²) in [7, 11) is 0. The van der Waals surface area contributed by atoms with Crippen molar-refractivity contribution in [1.82, 2.24) is 4.90 Å². The molecule has 2 N–H and O–H groups in total. The largest absolute Gasteiger partial charge is 0.342 e. The molecule has 0 aliphatic carbocycles. The fraction of sp³-hybridized carbons (Fsp3) is 0.600. The summed E-state index contributed by atoms with van der Waals surface area (Å²) in [6, 6.07) is 12.6. The number of nitrogens with zero attached hydrogens (tertiary/aromatic N) is 2. The van der Waals surface area contributed by atoms with Crippen molar-refractivity contribution in [3.05, 3.63) is 42.0 Å². The molecule has 0 aromatic heterocycles. The van der Waals surface area contributed by atoms with Gasteiger partial charge in [-0.25, -0.2) is 0 Å². The molecule has 0 saturated carbocycles. The van der Waals surface area contributed by atoms with E-state index in [1.54, 1.807) is 0 Å². The first-order chi connectivity index (χ1) is 13.7. The standard InChI is InChI=1S/C25H37N3O/c1-6-25(7-2,23(29)28-14-13-22(27)24(4,5)18-28)16-21(15-19(3)17-26)20-11-9-8-10-12-20/h8-12,15,19,22H,6-7,13-14,16,18,27H2,1-5H3/b21-15-/t19?,22-/m0/s1. The number of nitrogens with two attached hydrogens (primary N) is 1. The molecule has 4 heteroatoms. The number of benzene rings is 1. The zero-order valence-corrected chi connectivity index (χ0v) is 18.7. The van der Waals surface area contributed by atoms with Crippen LogP contribution in [0, 0.1) is 28.1 Å². The molecule has 1 fully saturated rings. The number of hydrogen-bond acceptors (Lipinski definition) is 3. The third-order valence-electron chi connectivity index (χ3n) is 6.73. The van der Waals surface area contributed by atoms with E-state index in [0.29, 0.717) is 13.0 Å². The molecular weight excluding hydrogens is 358 g/mol. The second-order valence-corrected chi connectivity index (χ2v) is 9.25. The van der Waals surface area contributed by atoms with Crippen LogP contribution in [0.15, 0.2) is 36.4 Å². The Morgan fingerprint density at radius 3 is 2.48 bits per heavy atom. The third kappa shape index (κ3) is 5.28. The van der Waals surface area contributed by atoms with Crippen molar-refractivity contribution >= 4 is 11.5 Å². The van der Waals surface area contributed by atoms with E-state index >= 15 is 0 Å². The second kappa shape index (κ2) is 9.59. The molecule has 1 heterocycles. The summed E-state index contributed by atoms with van der Waals surface area (Å²) >= 11 is 0. The average Bonchev–Trinajstić information content (AvgIpc) is 2.73. The minimum Gasteiger partial charge on any atom is -0.342 e. The number of nitriles is 1. The normalized spacial score (nSPS) is 20.8. The van der Waals surface area contributed by atoms with Gasteiger partial charge < -0.3 is 10.6 Å². The summed E-state index contributed by atoms with van der Waals surface area (Å²) in [5, 5.41) is 9.36. The Labute approximate surface area is 176 Å². The number of hydrogen-bond donors (Lipinski definition) is 1. The number of amides is 1. The van der Waals surface area contributed by atoms with Gasteiger partial charge in [0.1, 0.15) is 0 Å². The van der Waals surface area contributed by atoms with E-state index in [1.807, 2.05) is 36.1 Å². The van der Waals surface area contributed by atoms with Gasteiger partial charge in [0, 0.05) is 19.1 Å². The van der Waals surface area contributed by atoms with Crippen LogP contribution in [0.4, 0.5) is 0 Å². The number of carbonyl (C=O) groups excluding carboxylic acids is 1. The minimum atomic E-state index is -0.464. The van der Waals surface area contributed by atoms with Crippen molar-refractivity contribution in [2.24, 2.45) is 22.5 Å². The van der Waals surface area contributed by atoms with Gasteiger partial charge >= 0.3 is 0 Å². The van der Waals surface area contributed by atoms with Gasteiger partial charge in [-0.2, -0.15) is 5.26 Å². The van der Waals surface area contributed by atoms with Crippen molar-refractivity contribution in [2.75, 3.05) is 13.1 Å². The first-order valence-corrected chi connectivity index (χ1v) is 10.9. The SMILES string of the molecule is CCC(CC)(C/C(=C/C(C)C#N)c1ccccc1)C(=O)N1CC[C@H](N)C(C)(C)C1. The summed E-state index contributed by atoms with van der Waals surface area (Å²) in [4.78, 5) is 15.8. The second-order valence-electron chi connectivity index (χ2n) is 9.25. The first-order valence-electron chi connectivity index (χ1n) is 10.9. The molecule has 1 aromatic carbocycles. The van der Waals surface area contributed by atoms with Gasteiger partial charge in [-0.15, -0.1) is 0 Å². The van der Waals surface area contributed by atoms with Crippen LogP contribution in [-0.4, -0.2) is 29.9 Å². The van der Waals surface area contributed by atoms with Gasteiger partial charge in [-0.1, -0.05) is 64.1 Å². The molecule has 1 amide bonds. The first kappa shape index (κ1) is 23.2. The van der Waals surface area contributed by atoms with E-state index in [9.17, 15) is 10.1 Å². The molecule has 1 aromatic rings. The lowest BCUT2D eigenvalue weighted by Gasteiger charge is -2.46. The molecule has 0 spiro atoms. The van der Waals surface area contributed by atoms with E-state index in [0.717, 1.165) is 36.9 Å². The summed E-state index contributed by atoms with van der Waals surface area (Å²) in [5.74, 6) is 0.0348. The zero-order valence-electron chi connectivity index (χ0n) is 18.7. The average molecular weight is 396 g/mol. The highest BCUT2D eigenvalue weighted by molar-refractivity contribution is 5.85. The van der Waals surface area contributed by atoms with Gasteiger partial charge in [0.2, 0.25) is 5.91 Å². The predicted molar refractivity (Wildman–Crippen MR) is 120 cm³/mol. The minimum absolute atomic E-state index is 0.0748. The van der Waals surface area contributed by atoms with Crippen LogP contribution >= 0.6 is 0 Å². The zero-order chi connectivity index (χ0) is 21.7. The van der Waals surface area contributed by atoms with Crippen LogP contribution in [0.2, 0.25) is 0 Å². The van der Waals surface area contributed by atoms with E-state index in [4.69, 9.17) is 5.73 Å². The third-order valence-corrected chi connectivity index (χ3v) is 6.73. The van der Waals surface area contributed by atoms with Crippen LogP contribution in [0.25, 0.3) is 5.57 Å². The summed E-state index contributed by atoms with van der Waals surface area (Å²) in [6.45, 7) is 11.9. The highest BCUT2D eigenvalue weighted by Gasteiger charge is 2.43. The monoisotopic (exact) mass is 395 g/mol. The number of carbonyl (C=O) groups is 1. The van der Waals surface area contributed by atoms with E-state index in [-0.39, 0.29) is 23.3 Å². The fourth-order valence-corrected chi connectivity index (χ4v) is 4.37. The summed E-state index contributed by atoms with van der Waals surface area (Å²) in [5.41, 5.74) is 7.94. The van der Waals surface area contributed by atoms with E-state index in [2.05, 4.69) is 45.9 Å². The van der Waals surface area contributed by atoms with Gasteiger partial charge in [-0.05, 0) is 49.2 Å². The maximum absolute atomic E-state index is 13.8. The van der Waals surface area contributed by atoms with E-state index < -0.39 is 5.41 Å². The molecule has 4 nitrogen and oxygen atoms in total. The molecule has 0 radical (unpaired) electrons. The van der Waals surface area contributed by atoms with Gasteiger partial charge in [0.05, 0.1) is 17.4 Å². The lowest BCUT2D eigenvalue weighted by Crippen LogP contribution is -2.56. The quantitative estimate of drug-likeness (QED) is 0.705. The molecule has 1 aliphatic heterocycles.